The van der Waals surface area contributed by atoms with Gasteiger partial charge >= 0.3 is 0 Å². The van der Waals surface area contributed by atoms with Crippen molar-refractivity contribution in [2.24, 2.45) is 0 Å². The molecule has 2 aromatic carbocycles. The van der Waals surface area contributed by atoms with E-state index in [0.29, 0.717) is 5.02 Å². The molecule has 0 aliphatic carbocycles. The molecule has 3 rings (SSSR count). The topological polar surface area (TPSA) is 25.2 Å². The monoisotopic (exact) mass is 427 g/mol. The minimum atomic E-state index is 0.0497. The third-order valence-corrected chi connectivity index (χ3v) is 4.61. The molecule has 5 heteroatoms. The lowest BCUT2D eigenvalue weighted by Gasteiger charge is -2.14. The van der Waals surface area contributed by atoms with Gasteiger partial charge in [0.15, 0.2) is 0 Å². The number of rotatable bonds is 3. The molecule has 0 saturated heterocycles. The Morgan fingerprint density at radius 3 is 2.67 bits per heavy atom. The number of halogens is 3. The highest BCUT2D eigenvalue weighted by atomic mass is 79.9. The maximum atomic E-state index is 5.96. The van der Waals surface area contributed by atoms with Crippen LogP contribution in [0.4, 0.5) is 5.69 Å². The van der Waals surface area contributed by atoms with Crippen LogP contribution in [0.1, 0.15) is 18.7 Å². The molecule has 1 atom stereocenters. The fourth-order valence-electron chi connectivity index (χ4n) is 2.16. The molecule has 0 radical (unpaired) electrons. The van der Waals surface area contributed by atoms with Gasteiger partial charge in [0.2, 0.25) is 0 Å². The van der Waals surface area contributed by atoms with Crippen molar-refractivity contribution in [2.75, 3.05) is 5.32 Å². The van der Waals surface area contributed by atoms with Crippen LogP contribution in [-0.4, -0.2) is 0 Å². The summed E-state index contributed by atoms with van der Waals surface area (Å²) in [5.74, 6) is 0.893. The lowest BCUT2D eigenvalue weighted by atomic mass is 10.2. The van der Waals surface area contributed by atoms with Gasteiger partial charge in [-0.05, 0) is 65.3 Å². The van der Waals surface area contributed by atoms with E-state index in [9.17, 15) is 0 Å². The Bertz CT molecular complexity index is 800. The molecule has 2 nitrogen and oxygen atoms in total. The Morgan fingerprint density at radius 1 is 1.10 bits per heavy atom. The van der Waals surface area contributed by atoms with Crippen molar-refractivity contribution in [1.29, 1.82) is 0 Å². The molecule has 0 fully saturated rings. The number of hydrogen-bond donors (Lipinski definition) is 1. The van der Waals surface area contributed by atoms with Crippen molar-refractivity contribution in [2.45, 2.75) is 13.0 Å². The molecule has 0 aliphatic heterocycles. The van der Waals surface area contributed by atoms with Crippen molar-refractivity contribution in [1.82, 2.24) is 0 Å². The van der Waals surface area contributed by atoms with Crippen LogP contribution in [-0.2, 0) is 0 Å². The van der Waals surface area contributed by atoms with Gasteiger partial charge in [0, 0.05) is 25.0 Å². The zero-order chi connectivity index (χ0) is 15.0. The van der Waals surface area contributed by atoms with Crippen LogP contribution in [0.3, 0.4) is 0 Å². The second-order valence-corrected chi connectivity index (χ2v) is 7.03. The van der Waals surface area contributed by atoms with E-state index in [1.54, 1.807) is 0 Å². The number of benzene rings is 2. The van der Waals surface area contributed by atoms with E-state index in [0.717, 1.165) is 31.4 Å². The Morgan fingerprint density at radius 2 is 1.90 bits per heavy atom. The van der Waals surface area contributed by atoms with Gasteiger partial charge in [0.1, 0.15) is 11.3 Å². The molecule has 0 amide bonds. The predicted molar refractivity (Wildman–Crippen MR) is 95.1 cm³/mol. The van der Waals surface area contributed by atoms with Crippen molar-refractivity contribution in [3.63, 3.8) is 0 Å². The lowest BCUT2D eigenvalue weighted by Crippen LogP contribution is -2.05. The predicted octanol–water partition coefficient (Wildman–Crippen LogP) is 6.78. The molecule has 3 aromatic rings. The van der Waals surface area contributed by atoms with Crippen LogP contribution < -0.4 is 5.32 Å². The largest absolute Gasteiger partial charge is 0.459 e. The summed E-state index contributed by atoms with van der Waals surface area (Å²) in [5, 5.41) is 5.21. The molecular weight excluding hydrogens is 417 g/mol. The van der Waals surface area contributed by atoms with E-state index in [2.05, 4.69) is 50.2 Å². The Balaban J connectivity index is 1.87. The first-order valence-electron chi connectivity index (χ1n) is 6.43. The molecule has 21 heavy (non-hydrogen) atoms. The van der Waals surface area contributed by atoms with Crippen LogP contribution in [0, 0.1) is 0 Å². The molecule has 0 spiro atoms. The highest BCUT2D eigenvalue weighted by molar-refractivity contribution is 9.10. The van der Waals surface area contributed by atoms with Crippen LogP contribution in [0.2, 0.25) is 5.02 Å². The standard InChI is InChI=1S/C16H12Br2ClNO/c1-9(20-14-4-3-12(19)8-13(14)18)16-7-10-6-11(17)2-5-15(10)21-16/h2-9,20H,1H3. The molecule has 0 saturated carbocycles. The van der Waals surface area contributed by atoms with Crippen molar-refractivity contribution in [3.05, 3.63) is 62.2 Å². The number of anilines is 1. The average molecular weight is 430 g/mol. The summed E-state index contributed by atoms with van der Waals surface area (Å²) in [7, 11) is 0. The zero-order valence-electron chi connectivity index (χ0n) is 11.2. The van der Waals surface area contributed by atoms with Gasteiger partial charge in [0.25, 0.3) is 0 Å². The summed E-state index contributed by atoms with van der Waals surface area (Å²) < 4.78 is 7.87. The quantitative estimate of drug-likeness (QED) is 0.496. The van der Waals surface area contributed by atoms with Crippen molar-refractivity contribution >= 4 is 60.1 Å². The third-order valence-electron chi connectivity index (χ3n) is 3.23. The SMILES string of the molecule is CC(Nc1ccc(Cl)cc1Br)c1cc2cc(Br)ccc2o1. The van der Waals surface area contributed by atoms with E-state index in [-0.39, 0.29) is 6.04 Å². The summed E-state index contributed by atoms with van der Waals surface area (Å²) in [5.41, 5.74) is 1.87. The molecule has 1 aromatic heterocycles. The van der Waals surface area contributed by atoms with E-state index in [1.165, 1.54) is 0 Å². The first-order valence-corrected chi connectivity index (χ1v) is 8.40. The van der Waals surface area contributed by atoms with Crippen molar-refractivity contribution < 1.29 is 4.42 Å². The van der Waals surface area contributed by atoms with Gasteiger partial charge in [-0.15, -0.1) is 0 Å². The van der Waals surface area contributed by atoms with Crippen LogP contribution in [0.5, 0.6) is 0 Å². The van der Waals surface area contributed by atoms with Gasteiger partial charge in [-0.3, -0.25) is 0 Å². The van der Waals surface area contributed by atoms with Gasteiger partial charge in [-0.1, -0.05) is 27.5 Å². The normalized spacial score (nSPS) is 12.6. The van der Waals surface area contributed by atoms with Crippen molar-refractivity contribution in [3.8, 4) is 0 Å². The summed E-state index contributed by atoms with van der Waals surface area (Å²) in [4.78, 5) is 0. The third kappa shape index (κ3) is 3.28. The Kier molecular flexibility index (Phi) is 4.29. The van der Waals surface area contributed by atoms with Crippen LogP contribution in [0.25, 0.3) is 11.0 Å². The van der Waals surface area contributed by atoms with Crippen LogP contribution >= 0.6 is 43.5 Å². The van der Waals surface area contributed by atoms with Crippen LogP contribution in [0.15, 0.2) is 55.8 Å². The minimum Gasteiger partial charge on any atom is -0.459 e. The molecule has 0 bridgehead atoms. The van der Waals surface area contributed by atoms with Gasteiger partial charge in [0.05, 0.1) is 6.04 Å². The van der Waals surface area contributed by atoms with Gasteiger partial charge in [-0.2, -0.15) is 0 Å². The summed E-state index contributed by atoms with van der Waals surface area (Å²) >= 11 is 12.9. The summed E-state index contributed by atoms with van der Waals surface area (Å²) in [6.07, 6.45) is 0. The maximum absolute atomic E-state index is 5.96. The van der Waals surface area contributed by atoms with E-state index < -0.39 is 0 Å². The molecule has 0 aliphatic rings. The average Bonchev–Trinajstić information content (AvgIpc) is 2.85. The highest BCUT2D eigenvalue weighted by Gasteiger charge is 2.13. The number of hydrogen-bond acceptors (Lipinski definition) is 2. The molecule has 108 valence electrons. The maximum Gasteiger partial charge on any atom is 0.134 e. The Labute approximate surface area is 144 Å². The zero-order valence-corrected chi connectivity index (χ0v) is 15.1. The van der Waals surface area contributed by atoms with E-state index in [1.807, 2.05) is 36.4 Å². The van der Waals surface area contributed by atoms with E-state index in [4.69, 9.17) is 16.0 Å². The first-order chi connectivity index (χ1) is 10.0. The van der Waals surface area contributed by atoms with E-state index >= 15 is 0 Å². The highest BCUT2D eigenvalue weighted by Crippen LogP contribution is 2.31. The summed E-state index contributed by atoms with van der Waals surface area (Å²) in [6.45, 7) is 2.06. The fourth-order valence-corrected chi connectivity index (χ4v) is 3.33. The number of fused-ring (bicyclic) bond motifs is 1. The first kappa shape index (κ1) is 14.9. The Hall–Kier alpha value is -0.970. The molecule has 1 heterocycles. The molecule has 1 N–H and O–H groups in total. The summed E-state index contributed by atoms with van der Waals surface area (Å²) in [6, 6.07) is 13.8. The number of furan rings is 1. The van der Waals surface area contributed by atoms with Gasteiger partial charge in [-0.25, -0.2) is 0 Å². The number of nitrogens with one attached hydrogen (secondary N) is 1. The lowest BCUT2D eigenvalue weighted by molar-refractivity contribution is 0.526. The smallest absolute Gasteiger partial charge is 0.134 e. The molecule has 1 unspecified atom stereocenters. The van der Waals surface area contributed by atoms with Gasteiger partial charge < -0.3 is 9.73 Å². The second-order valence-electron chi connectivity index (χ2n) is 4.82. The fraction of sp³-hybridized carbons (Fsp3) is 0.125. The second kappa shape index (κ2) is 6.03. The minimum absolute atomic E-state index is 0.0497. The molecular formula is C16H12Br2ClNO.